The molecule has 2 heterocycles. The van der Waals surface area contributed by atoms with Crippen molar-refractivity contribution in [2.75, 3.05) is 7.11 Å². The van der Waals surface area contributed by atoms with Crippen molar-refractivity contribution in [3.63, 3.8) is 0 Å². The molecule has 0 spiro atoms. The minimum atomic E-state index is -1.57. The molecule has 1 aliphatic rings. The molecule has 1 aliphatic heterocycles. The van der Waals surface area contributed by atoms with E-state index in [-0.39, 0.29) is 6.42 Å². The molecule has 0 bridgehead atoms. The molecular formula is C17H18N2O6Se. The monoisotopic (exact) mass is 426 g/mol. The molecule has 8 nitrogen and oxygen atoms in total. The summed E-state index contributed by atoms with van der Waals surface area (Å²) in [7, 11) is 1.23. The van der Waals surface area contributed by atoms with Crippen molar-refractivity contribution in [2.45, 2.75) is 30.2 Å². The number of nitrogens with zero attached hydrogens (tertiary/aromatic N) is 1. The Labute approximate surface area is 154 Å². The molecule has 0 saturated carbocycles. The van der Waals surface area contributed by atoms with Crippen LogP contribution in [0.1, 0.15) is 18.2 Å². The van der Waals surface area contributed by atoms with E-state index in [1.165, 1.54) is 17.9 Å². The molecule has 3 atom stereocenters. The fraction of sp³-hybridized carbons (Fsp3) is 0.353. The van der Waals surface area contributed by atoms with Gasteiger partial charge in [0.05, 0.1) is 0 Å². The molecule has 138 valence electrons. The summed E-state index contributed by atoms with van der Waals surface area (Å²) in [5, 5.41) is 10.7. The van der Waals surface area contributed by atoms with Gasteiger partial charge in [-0.15, -0.1) is 0 Å². The number of H-pyrrole nitrogens is 1. The van der Waals surface area contributed by atoms with E-state index >= 15 is 0 Å². The maximum atomic E-state index is 12.5. The summed E-state index contributed by atoms with van der Waals surface area (Å²) in [5.41, 5.74) is -0.824. The zero-order valence-corrected chi connectivity index (χ0v) is 15.9. The summed E-state index contributed by atoms with van der Waals surface area (Å²) in [5.74, 6) is -0.689. The third-order valence-electron chi connectivity index (χ3n) is 4.11. The molecule has 26 heavy (non-hydrogen) atoms. The van der Waals surface area contributed by atoms with Gasteiger partial charge >= 0.3 is 155 Å². The fourth-order valence-electron chi connectivity index (χ4n) is 2.77. The summed E-state index contributed by atoms with van der Waals surface area (Å²) >= 11 is -0.601. The van der Waals surface area contributed by atoms with Crippen LogP contribution in [0.3, 0.4) is 0 Å². The van der Waals surface area contributed by atoms with Crippen LogP contribution < -0.4 is 15.7 Å². The minimum absolute atomic E-state index is 0.0229. The zero-order valence-electron chi connectivity index (χ0n) is 14.2. The second kappa shape index (κ2) is 7.20. The Balaban J connectivity index is 2.00. The van der Waals surface area contributed by atoms with Crippen molar-refractivity contribution in [1.29, 1.82) is 0 Å². The Hall–Kier alpha value is -2.19. The van der Waals surface area contributed by atoms with Gasteiger partial charge in [-0.3, -0.25) is 0 Å². The number of aromatic nitrogens is 2. The Kier molecular flexibility index (Phi) is 5.15. The zero-order chi connectivity index (χ0) is 18.9. The maximum absolute atomic E-state index is 12.5. The summed E-state index contributed by atoms with van der Waals surface area (Å²) in [4.78, 5) is 38.4. The molecule has 9 heteroatoms. The molecule has 3 rings (SSSR count). The quantitative estimate of drug-likeness (QED) is 0.482. The number of aryl methyl sites for hydroxylation is 1. The molecule has 1 aromatic heterocycles. The van der Waals surface area contributed by atoms with E-state index < -0.39 is 49.0 Å². The summed E-state index contributed by atoms with van der Waals surface area (Å²) in [6, 6.07) is 9.18. The number of carbonyl (C=O) groups is 1. The number of ether oxygens (including phenoxy) is 2. The third-order valence-corrected chi connectivity index (χ3v) is 6.94. The number of esters is 1. The van der Waals surface area contributed by atoms with Gasteiger partial charge in [0.2, 0.25) is 0 Å². The van der Waals surface area contributed by atoms with E-state index in [0.717, 1.165) is 4.46 Å². The van der Waals surface area contributed by atoms with Crippen molar-refractivity contribution in [2.24, 2.45) is 0 Å². The Morgan fingerprint density at radius 2 is 2.08 bits per heavy atom. The van der Waals surface area contributed by atoms with Gasteiger partial charge in [-0.05, 0) is 0 Å². The van der Waals surface area contributed by atoms with Crippen LogP contribution in [0.15, 0.2) is 46.1 Å². The van der Waals surface area contributed by atoms with Gasteiger partial charge in [-0.2, -0.15) is 0 Å². The van der Waals surface area contributed by atoms with Crippen molar-refractivity contribution in [1.82, 2.24) is 9.55 Å². The molecule has 2 N–H and O–H groups in total. The molecule has 0 radical (unpaired) electrons. The molecule has 1 saturated heterocycles. The number of carbonyl (C=O) groups excluding carboxylic acids is 1. The predicted molar refractivity (Wildman–Crippen MR) is 93.4 cm³/mol. The molecule has 1 fully saturated rings. The normalized spacial score (nSPS) is 25.2. The average molecular weight is 425 g/mol. The molecule has 0 amide bonds. The Morgan fingerprint density at radius 3 is 2.73 bits per heavy atom. The summed E-state index contributed by atoms with van der Waals surface area (Å²) in [6.07, 6.45) is -0.659. The number of aromatic amines is 1. The number of nitrogens with one attached hydrogen (secondary N) is 1. The topological polar surface area (TPSA) is 111 Å². The van der Waals surface area contributed by atoms with E-state index in [9.17, 15) is 19.5 Å². The van der Waals surface area contributed by atoms with Crippen molar-refractivity contribution in [3.8, 4) is 0 Å². The number of benzene rings is 1. The third kappa shape index (κ3) is 3.26. The van der Waals surface area contributed by atoms with E-state index in [0.29, 0.717) is 5.56 Å². The molecule has 0 aliphatic carbocycles. The second-order valence-electron chi connectivity index (χ2n) is 5.88. The van der Waals surface area contributed by atoms with Crippen LogP contribution in [0.2, 0.25) is 0 Å². The van der Waals surface area contributed by atoms with E-state index in [2.05, 4.69) is 4.98 Å². The van der Waals surface area contributed by atoms with Crippen LogP contribution >= 0.6 is 0 Å². The van der Waals surface area contributed by atoms with Gasteiger partial charge in [0, 0.05) is 0 Å². The van der Waals surface area contributed by atoms with Gasteiger partial charge in [0.25, 0.3) is 0 Å². The van der Waals surface area contributed by atoms with Crippen molar-refractivity contribution < 1.29 is 19.4 Å². The first-order valence-electron chi connectivity index (χ1n) is 7.88. The second-order valence-corrected chi connectivity index (χ2v) is 8.57. The van der Waals surface area contributed by atoms with Gasteiger partial charge < -0.3 is 0 Å². The van der Waals surface area contributed by atoms with Gasteiger partial charge in [0.1, 0.15) is 0 Å². The van der Waals surface area contributed by atoms with Gasteiger partial charge in [-0.1, -0.05) is 0 Å². The molecule has 0 unspecified atom stereocenters. The SMILES string of the molecule is COC(=O)[C@@]1([Se]c2ccccc2)O[C@@H](n2cc(C)c(=O)[nH]c2=O)C[C@H]1O. The van der Waals surface area contributed by atoms with Gasteiger partial charge in [0.15, 0.2) is 0 Å². The van der Waals surface area contributed by atoms with Crippen LogP contribution in [0.25, 0.3) is 0 Å². The fourth-order valence-corrected chi connectivity index (χ4v) is 5.29. The van der Waals surface area contributed by atoms with Crippen molar-refractivity contribution >= 4 is 25.4 Å². The predicted octanol–water partition coefficient (Wildman–Crippen LogP) is -0.976. The first-order chi connectivity index (χ1) is 12.4. The number of rotatable bonds is 4. The summed E-state index contributed by atoms with van der Waals surface area (Å²) in [6.45, 7) is 1.56. The van der Waals surface area contributed by atoms with E-state index in [1.807, 2.05) is 30.3 Å². The van der Waals surface area contributed by atoms with Crippen LogP contribution in [-0.4, -0.2) is 53.3 Å². The average Bonchev–Trinajstić information content (AvgIpc) is 2.95. The number of methoxy groups -OCH3 is 1. The van der Waals surface area contributed by atoms with Crippen LogP contribution in [-0.2, 0) is 14.3 Å². The molecule has 2 aromatic rings. The van der Waals surface area contributed by atoms with E-state index in [4.69, 9.17) is 9.47 Å². The Bertz CT molecular complexity index is 925. The number of hydrogen-bond donors (Lipinski definition) is 2. The standard InChI is InChI=1S/C17H18N2O6Se/c1-10-9-19(16(23)18-14(10)21)13-8-12(20)17(25-13,15(22)24-2)26-11-6-4-3-5-7-11/h3-7,9,12-13,20H,8H2,1-2H3,(H,18,21,23)/t12-,13-,17-/m1/s1. The number of hydrogen-bond acceptors (Lipinski definition) is 6. The van der Waals surface area contributed by atoms with E-state index in [1.54, 1.807) is 6.92 Å². The number of aliphatic hydroxyl groups excluding tert-OH is 1. The Morgan fingerprint density at radius 1 is 1.38 bits per heavy atom. The molecule has 1 aromatic carbocycles. The van der Waals surface area contributed by atoms with Crippen LogP contribution in [0, 0.1) is 6.92 Å². The summed E-state index contributed by atoms with van der Waals surface area (Å²) < 4.78 is 11.3. The first kappa shape index (κ1) is 18.6. The first-order valence-corrected chi connectivity index (χ1v) is 9.59. The number of aliphatic hydroxyl groups is 1. The van der Waals surface area contributed by atoms with Crippen molar-refractivity contribution in [3.05, 3.63) is 62.9 Å². The van der Waals surface area contributed by atoms with Crippen LogP contribution in [0.5, 0.6) is 0 Å². The molecular weight excluding hydrogens is 407 g/mol. The van der Waals surface area contributed by atoms with Crippen LogP contribution in [0.4, 0.5) is 0 Å². The van der Waals surface area contributed by atoms with Gasteiger partial charge in [-0.25, -0.2) is 0 Å².